The first kappa shape index (κ1) is 14.9. The maximum absolute atomic E-state index is 12.0. The molecule has 1 atom stereocenters. The van der Waals surface area contributed by atoms with Crippen LogP contribution in [0, 0.1) is 5.92 Å². The van der Waals surface area contributed by atoms with Crippen LogP contribution in [0.5, 0.6) is 0 Å². The third-order valence-electron chi connectivity index (χ3n) is 3.39. The Labute approximate surface area is 104 Å². The molecule has 0 aromatic carbocycles. The van der Waals surface area contributed by atoms with E-state index in [2.05, 4.69) is 0 Å². The zero-order valence-corrected chi connectivity index (χ0v) is 11.6. The number of hydrogen-bond acceptors (Lipinski definition) is 4. The van der Waals surface area contributed by atoms with E-state index in [1.54, 1.807) is 11.4 Å². The second kappa shape index (κ2) is 6.68. The van der Waals surface area contributed by atoms with Gasteiger partial charge >= 0.3 is 0 Å². The van der Waals surface area contributed by atoms with Crippen LogP contribution in [-0.2, 0) is 14.8 Å². The summed E-state index contributed by atoms with van der Waals surface area (Å²) in [6, 6.07) is 0.161. The Hall–Kier alpha value is -0.170. The van der Waals surface area contributed by atoms with Gasteiger partial charge in [0.25, 0.3) is 0 Å². The molecule has 1 fully saturated rings. The van der Waals surface area contributed by atoms with Gasteiger partial charge in [-0.05, 0) is 32.1 Å². The molecule has 102 valence electrons. The Morgan fingerprint density at radius 2 is 2.00 bits per heavy atom. The van der Waals surface area contributed by atoms with Crippen molar-refractivity contribution in [2.75, 3.05) is 32.6 Å². The average Bonchev–Trinajstić information content (AvgIpc) is 2.29. The minimum absolute atomic E-state index is 0.161. The number of ether oxygens (including phenoxy) is 1. The Kier molecular flexibility index (Phi) is 5.85. The number of rotatable bonds is 6. The van der Waals surface area contributed by atoms with Gasteiger partial charge in [-0.3, -0.25) is 0 Å². The molecule has 0 saturated carbocycles. The molecule has 1 rings (SSSR count). The van der Waals surface area contributed by atoms with Gasteiger partial charge in [0.05, 0.1) is 5.75 Å². The Morgan fingerprint density at radius 1 is 1.41 bits per heavy atom. The summed E-state index contributed by atoms with van der Waals surface area (Å²) in [6.45, 7) is 3.71. The Bertz CT molecular complexity index is 309. The van der Waals surface area contributed by atoms with Crippen LogP contribution in [0.1, 0.15) is 26.2 Å². The normalized spacial score (nSPS) is 21.6. The summed E-state index contributed by atoms with van der Waals surface area (Å²) in [6.07, 6.45) is 2.31. The number of sulfonamides is 1. The van der Waals surface area contributed by atoms with E-state index in [1.807, 2.05) is 6.92 Å². The molecule has 1 aliphatic rings. The van der Waals surface area contributed by atoms with E-state index >= 15 is 0 Å². The van der Waals surface area contributed by atoms with Gasteiger partial charge in [0.15, 0.2) is 0 Å². The van der Waals surface area contributed by atoms with Crippen LogP contribution >= 0.6 is 0 Å². The predicted octanol–water partition coefficient (Wildman–Crippen LogP) is 0.412. The van der Waals surface area contributed by atoms with E-state index in [-0.39, 0.29) is 11.8 Å². The van der Waals surface area contributed by atoms with Crippen molar-refractivity contribution >= 4 is 10.0 Å². The molecule has 0 bridgehead atoms. The van der Waals surface area contributed by atoms with Crippen LogP contribution in [0.2, 0.25) is 0 Å². The van der Waals surface area contributed by atoms with Crippen LogP contribution < -0.4 is 5.73 Å². The third-order valence-corrected chi connectivity index (χ3v) is 5.34. The quantitative estimate of drug-likeness (QED) is 0.705. The Morgan fingerprint density at radius 3 is 2.47 bits per heavy atom. The van der Waals surface area contributed by atoms with Crippen LogP contribution in [-0.4, -0.2) is 51.3 Å². The maximum atomic E-state index is 12.0. The lowest BCUT2D eigenvalue weighted by atomic mass is 9.92. The highest BCUT2D eigenvalue weighted by Gasteiger charge is 2.28. The van der Waals surface area contributed by atoms with Crippen LogP contribution in [0.15, 0.2) is 0 Å². The van der Waals surface area contributed by atoms with Crippen molar-refractivity contribution in [3.8, 4) is 0 Å². The largest absolute Gasteiger partial charge is 0.385 e. The Balaban J connectivity index is 2.41. The molecule has 0 amide bonds. The van der Waals surface area contributed by atoms with Crippen LogP contribution in [0.25, 0.3) is 0 Å². The number of piperidine rings is 1. The molecular weight excluding hydrogens is 240 g/mol. The maximum Gasteiger partial charge on any atom is 0.214 e. The monoisotopic (exact) mass is 264 g/mol. The molecule has 5 nitrogen and oxygen atoms in total. The molecule has 1 aliphatic heterocycles. The van der Waals surface area contributed by atoms with E-state index in [4.69, 9.17) is 10.5 Å². The highest BCUT2D eigenvalue weighted by molar-refractivity contribution is 7.89. The van der Waals surface area contributed by atoms with E-state index in [9.17, 15) is 8.42 Å². The van der Waals surface area contributed by atoms with E-state index in [0.717, 1.165) is 12.8 Å². The van der Waals surface area contributed by atoms with Crippen molar-refractivity contribution in [1.29, 1.82) is 0 Å². The molecule has 17 heavy (non-hydrogen) atoms. The fourth-order valence-corrected chi connectivity index (χ4v) is 3.70. The zero-order valence-electron chi connectivity index (χ0n) is 10.8. The van der Waals surface area contributed by atoms with E-state index in [0.29, 0.717) is 32.0 Å². The first-order valence-corrected chi connectivity index (χ1v) is 7.80. The highest BCUT2D eigenvalue weighted by atomic mass is 32.2. The minimum Gasteiger partial charge on any atom is -0.385 e. The molecule has 1 heterocycles. The lowest BCUT2D eigenvalue weighted by Gasteiger charge is -2.32. The molecular formula is C11H24N2O3S. The summed E-state index contributed by atoms with van der Waals surface area (Å²) < 4.78 is 30.4. The predicted molar refractivity (Wildman–Crippen MR) is 68.2 cm³/mol. The second-order valence-electron chi connectivity index (χ2n) is 4.76. The molecule has 0 aliphatic carbocycles. The fraction of sp³-hybridized carbons (Fsp3) is 1.00. The number of nitrogens with two attached hydrogens (primary N) is 1. The molecule has 0 aromatic heterocycles. The van der Waals surface area contributed by atoms with Crippen LogP contribution in [0.3, 0.4) is 0 Å². The lowest BCUT2D eigenvalue weighted by molar-refractivity contribution is 0.198. The van der Waals surface area contributed by atoms with Gasteiger partial charge in [-0.15, -0.1) is 0 Å². The molecule has 1 saturated heterocycles. The van der Waals surface area contributed by atoms with E-state index < -0.39 is 10.0 Å². The van der Waals surface area contributed by atoms with Crippen molar-refractivity contribution in [2.45, 2.75) is 32.2 Å². The van der Waals surface area contributed by atoms with Crippen molar-refractivity contribution < 1.29 is 13.2 Å². The van der Waals surface area contributed by atoms with Gasteiger partial charge in [0.2, 0.25) is 10.0 Å². The van der Waals surface area contributed by atoms with Crippen molar-refractivity contribution in [3.05, 3.63) is 0 Å². The minimum atomic E-state index is -3.09. The SMILES string of the molecule is COCCCS(=O)(=O)N1CCC(C(C)N)CC1. The van der Waals surface area contributed by atoms with Gasteiger partial charge in [-0.1, -0.05) is 0 Å². The average molecular weight is 264 g/mol. The van der Waals surface area contributed by atoms with Gasteiger partial charge in [0.1, 0.15) is 0 Å². The van der Waals surface area contributed by atoms with Crippen molar-refractivity contribution in [1.82, 2.24) is 4.31 Å². The fourth-order valence-electron chi connectivity index (χ4n) is 2.19. The molecule has 1 unspecified atom stereocenters. The summed E-state index contributed by atoms with van der Waals surface area (Å²) >= 11 is 0. The number of methoxy groups -OCH3 is 1. The van der Waals surface area contributed by atoms with Gasteiger partial charge in [-0.25, -0.2) is 12.7 Å². The van der Waals surface area contributed by atoms with E-state index in [1.165, 1.54) is 0 Å². The highest BCUT2D eigenvalue weighted by Crippen LogP contribution is 2.21. The topological polar surface area (TPSA) is 72.6 Å². The first-order chi connectivity index (χ1) is 7.97. The zero-order chi connectivity index (χ0) is 12.9. The summed E-state index contributed by atoms with van der Waals surface area (Å²) in [5, 5.41) is 0. The smallest absolute Gasteiger partial charge is 0.214 e. The molecule has 2 N–H and O–H groups in total. The number of nitrogens with zero attached hydrogens (tertiary/aromatic N) is 1. The molecule has 6 heteroatoms. The van der Waals surface area contributed by atoms with Crippen molar-refractivity contribution in [3.63, 3.8) is 0 Å². The first-order valence-electron chi connectivity index (χ1n) is 6.19. The molecule has 0 spiro atoms. The van der Waals surface area contributed by atoms with Crippen LogP contribution in [0.4, 0.5) is 0 Å². The number of hydrogen-bond donors (Lipinski definition) is 1. The summed E-state index contributed by atoms with van der Waals surface area (Å²) in [5.74, 6) is 0.643. The second-order valence-corrected chi connectivity index (χ2v) is 6.85. The standard InChI is InChI=1S/C11H24N2O3S/c1-10(12)11-4-6-13(7-5-11)17(14,15)9-3-8-16-2/h10-11H,3-9,12H2,1-2H3. The third kappa shape index (κ3) is 4.54. The lowest BCUT2D eigenvalue weighted by Crippen LogP contribution is -2.43. The van der Waals surface area contributed by atoms with Gasteiger partial charge in [-0.2, -0.15) is 0 Å². The molecule has 0 aromatic rings. The summed E-state index contributed by atoms with van der Waals surface area (Å²) in [7, 11) is -1.51. The van der Waals surface area contributed by atoms with Gasteiger partial charge in [0, 0.05) is 32.8 Å². The molecule has 0 radical (unpaired) electrons. The van der Waals surface area contributed by atoms with Crippen molar-refractivity contribution in [2.24, 2.45) is 11.7 Å². The summed E-state index contributed by atoms with van der Waals surface area (Å²) in [5.41, 5.74) is 5.84. The summed E-state index contributed by atoms with van der Waals surface area (Å²) in [4.78, 5) is 0. The van der Waals surface area contributed by atoms with Gasteiger partial charge < -0.3 is 10.5 Å².